The van der Waals surface area contributed by atoms with Crippen molar-refractivity contribution in [3.8, 4) is 0 Å². The van der Waals surface area contributed by atoms with Gasteiger partial charge in [-0.25, -0.2) is 4.98 Å². The van der Waals surface area contributed by atoms with Crippen LogP contribution >= 0.6 is 11.8 Å². The lowest BCUT2D eigenvalue weighted by atomic mass is 10.0. The average molecular weight is 282 g/mol. The number of nitrogens with one attached hydrogen (secondary N) is 1. The number of rotatable bonds is 7. The zero-order valence-electron chi connectivity index (χ0n) is 11.7. The Morgan fingerprint density at radius 3 is 2.74 bits per heavy atom. The second-order valence-corrected chi connectivity index (χ2v) is 5.96. The van der Waals surface area contributed by atoms with E-state index >= 15 is 0 Å². The highest BCUT2D eigenvalue weighted by Crippen LogP contribution is 2.14. The van der Waals surface area contributed by atoms with Gasteiger partial charge in [0.2, 0.25) is 0 Å². The normalized spacial score (nSPS) is 12.5. The summed E-state index contributed by atoms with van der Waals surface area (Å²) >= 11 is 1.64. The van der Waals surface area contributed by atoms with E-state index in [9.17, 15) is 9.90 Å². The highest BCUT2D eigenvalue weighted by molar-refractivity contribution is 7.99. The van der Waals surface area contributed by atoms with Crippen LogP contribution in [-0.4, -0.2) is 34.4 Å². The quantitative estimate of drug-likeness (QED) is 0.754. The Labute approximate surface area is 119 Å². The first-order valence-electron chi connectivity index (χ1n) is 6.59. The van der Waals surface area contributed by atoms with Gasteiger partial charge in [-0.2, -0.15) is 0 Å². The topological polar surface area (TPSA) is 62.2 Å². The molecule has 1 rings (SSSR count). The molecule has 5 heteroatoms. The zero-order valence-corrected chi connectivity index (χ0v) is 12.5. The predicted molar refractivity (Wildman–Crippen MR) is 78.4 cm³/mol. The lowest BCUT2D eigenvalue weighted by molar-refractivity contribution is 0.0919. The van der Waals surface area contributed by atoms with Crippen molar-refractivity contribution < 1.29 is 9.90 Å². The molecule has 0 radical (unpaired) electrons. The number of hydrogen-bond donors (Lipinski definition) is 2. The van der Waals surface area contributed by atoms with Gasteiger partial charge in [-0.05, 0) is 30.2 Å². The number of aliphatic hydroxyl groups excluding tert-OH is 1. The van der Waals surface area contributed by atoms with Crippen molar-refractivity contribution in [2.24, 2.45) is 5.92 Å². The van der Waals surface area contributed by atoms with E-state index in [1.165, 1.54) is 0 Å². The Morgan fingerprint density at radius 1 is 1.47 bits per heavy atom. The summed E-state index contributed by atoms with van der Waals surface area (Å²) in [5.41, 5.74) is 0.555. The third kappa shape index (κ3) is 5.61. The molecule has 0 fully saturated rings. The number of hydrogen-bond acceptors (Lipinski definition) is 4. The summed E-state index contributed by atoms with van der Waals surface area (Å²) in [7, 11) is 0. The van der Waals surface area contributed by atoms with E-state index in [4.69, 9.17) is 0 Å². The van der Waals surface area contributed by atoms with Crippen LogP contribution in [0.1, 0.15) is 37.6 Å². The fourth-order valence-corrected chi connectivity index (χ4v) is 2.10. The monoisotopic (exact) mass is 282 g/mol. The van der Waals surface area contributed by atoms with E-state index in [-0.39, 0.29) is 17.9 Å². The van der Waals surface area contributed by atoms with Gasteiger partial charge in [-0.1, -0.05) is 20.8 Å². The third-order valence-corrected chi connectivity index (χ3v) is 3.61. The number of aliphatic hydroxyl groups is 1. The van der Waals surface area contributed by atoms with Crippen LogP contribution in [0.3, 0.4) is 0 Å². The van der Waals surface area contributed by atoms with Crippen molar-refractivity contribution >= 4 is 17.7 Å². The molecule has 0 aliphatic heterocycles. The van der Waals surface area contributed by atoms with Gasteiger partial charge in [0.05, 0.1) is 16.7 Å². The average Bonchev–Trinajstić information content (AvgIpc) is 2.39. The number of nitrogens with zero attached hydrogens (tertiary/aromatic N) is 1. The van der Waals surface area contributed by atoms with Crippen molar-refractivity contribution in [3.05, 3.63) is 23.9 Å². The molecule has 106 valence electrons. The molecule has 2 N–H and O–H groups in total. The van der Waals surface area contributed by atoms with Crippen molar-refractivity contribution in [1.29, 1.82) is 0 Å². The van der Waals surface area contributed by atoms with E-state index in [2.05, 4.69) is 17.2 Å². The summed E-state index contributed by atoms with van der Waals surface area (Å²) in [5.74, 6) is 1.03. The summed E-state index contributed by atoms with van der Waals surface area (Å²) in [6.45, 7) is 6.46. The first-order chi connectivity index (χ1) is 9.04. The first kappa shape index (κ1) is 16.0. The molecule has 1 heterocycles. The molecule has 1 aromatic rings. The minimum absolute atomic E-state index is 0.142. The van der Waals surface area contributed by atoms with Gasteiger partial charge in [0.15, 0.2) is 0 Å². The van der Waals surface area contributed by atoms with Crippen LogP contribution in [0.4, 0.5) is 0 Å². The smallest absolute Gasteiger partial charge is 0.252 e. The van der Waals surface area contributed by atoms with Gasteiger partial charge in [0.1, 0.15) is 0 Å². The summed E-state index contributed by atoms with van der Waals surface area (Å²) in [5, 5.41) is 13.4. The van der Waals surface area contributed by atoms with E-state index in [1.807, 2.05) is 19.9 Å². The second kappa shape index (κ2) is 8.17. The maximum absolute atomic E-state index is 11.8. The molecule has 0 aliphatic rings. The molecular weight excluding hydrogens is 260 g/mol. The van der Waals surface area contributed by atoms with E-state index in [0.717, 1.165) is 10.8 Å². The van der Waals surface area contributed by atoms with Gasteiger partial charge in [-0.3, -0.25) is 4.79 Å². The van der Waals surface area contributed by atoms with Gasteiger partial charge in [0.25, 0.3) is 5.91 Å². The largest absolute Gasteiger partial charge is 0.393 e. The Morgan fingerprint density at radius 2 is 2.21 bits per heavy atom. The van der Waals surface area contributed by atoms with Crippen LogP contribution in [0.15, 0.2) is 23.4 Å². The lowest BCUT2D eigenvalue weighted by Crippen LogP contribution is -2.28. The molecule has 0 saturated carbocycles. The van der Waals surface area contributed by atoms with Crippen molar-refractivity contribution in [3.63, 3.8) is 0 Å². The molecule has 0 aromatic carbocycles. The van der Waals surface area contributed by atoms with Crippen LogP contribution in [0.25, 0.3) is 0 Å². The second-order valence-electron chi connectivity index (χ2n) is 4.67. The lowest BCUT2D eigenvalue weighted by Gasteiger charge is -2.14. The van der Waals surface area contributed by atoms with Gasteiger partial charge < -0.3 is 10.4 Å². The Hall–Kier alpha value is -1.07. The van der Waals surface area contributed by atoms with Gasteiger partial charge in [-0.15, -0.1) is 11.8 Å². The summed E-state index contributed by atoms with van der Waals surface area (Å²) in [6.07, 6.45) is 1.79. The van der Waals surface area contributed by atoms with Crippen LogP contribution < -0.4 is 5.32 Å². The van der Waals surface area contributed by atoms with E-state index in [1.54, 1.807) is 24.0 Å². The predicted octanol–water partition coefficient (Wildman–Crippen LogP) is 2.33. The highest BCUT2D eigenvalue weighted by atomic mass is 32.2. The zero-order chi connectivity index (χ0) is 14.3. The highest BCUT2D eigenvalue weighted by Gasteiger charge is 2.10. The van der Waals surface area contributed by atoms with Crippen LogP contribution in [-0.2, 0) is 0 Å². The standard InChI is InChI=1S/C14H22N2O2S/c1-4-19-13-6-5-11(9-16-13)14(18)15-8-7-12(17)10(2)3/h5-6,9-10,12,17H,4,7-8H2,1-3H3,(H,15,18). The maximum Gasteiger partial charge on any atom is 0.252 e. The van der Waals surface area contributed by atoms with E-state index in [0.29, 0.717) is 18.5 Å². The molecule has 19 heavy (non-hydrogen) atoms. The molecule has 4 nitrogen and oxygen atoms in total. The summed E-state index contributed by atoms with van der Waals surface area (Å²) in [4.78, 5) is 16.0. The number of amides is 1. The minimum atomic E-state index is -0.373. The van der Waals surface area contributed by atoms with Crippen LogP contribution in [0, 0.1) is 5.92 Å². The summed E-state index contributed by atoms with van der Waals surface area (Å²) < 4.78 is 0. The number of carbonyl (C=O) groups is 1. The Kier molecular flexibility index (Phi) is 6.87. The third-order valence-electron chi connectivity index (χ3n) is 2.79. The molecule has 0 saturated heterocycles. The summed E-state index contributed by atoms with van der Waals surface area (Å²) in [6, 6.07) is 3.63. The van der Waals surface area contributed by atoms with Crippen molar-refractivity contribution in [2.45, 2.75) is 38.3 Å². The Bertz CT molecular complexity index is 393. The molecule has 1 amide bonds. The molecule has 1 atom stereocenters. The fraction of sp³-hybridized carbons (Fsp3) is 0.571. The molecule has 0 spiro atoms. The SMILES string of the molecule is CCSc1ccc(C(=O)NCCC(O)C(C)C)cn1. The van der Waals surface area contributed by atoms with Crippen molar-refractivity contribution in [1.82, 2.24) is 10.3 Å². The number of pyridine rings is 1. The molecular formula is C14H22N2O2S. The molecule has 1 unspecified atom stereocenters. The van der Waals surface area contributed by atoms with Crippen LogP contribution in [0.5, 0.6) is 0 Å². The Balaban J connectivity index is 2.41. The number of thioether (sulfide) groups is 1. The minimum Gasteiger partial charge on any atom is -0.393 e. The molecule has 1 aromatic heterocycles. The van der Waals surface area contributed by atoms with Gasteiger partial charge >= 0.3 is 0 Å². The number of aromatic nitrogens is 1. The number of carbonyl (C=O) groups excluding carboxylic acids is 1. The molecule has 0 bridgehead atoms. The van der Waals surface area contributed by atoms with Gasteiger partial charge in [0, 0.05) is 12.7 Å². The molecule has 0 aliphatic carbocycles. The fourth-order valence-electron chi connectivity index (χ4n) is 1.52. The maximum atomic E-state index is 11.8. The van der Waals surface area contributed by atoms with Crippen molar-refractivity contribution in [2.75, 3.05) is 12.3 Å². The van der Waals surface area contributed by atoms with Crippen LogP contribution in [0.2, 0.25) is 0 Å². The first-order valence-corrected chi connectivity index (χ1v) is 7.58. The van der Waals surface area contributed by atoms with E-state index < -0.39 is 0 Å².